The molecule has 6 nitrogen and oxygen atoms in total. The second-order valence-electron chi connectivity index (χ2n) is 7.36. The molecular formula is C21H20F3N3O3. The van der Waals surface area contributed by atoms with Crippen molar-refractivity contribution in [1.29, 1.82) is 0 Å². The van der Waals surface area contributed by atoms with Crippen LogP contribution in [0, 0.1) is 0 Å². The molecule has 0 aliphatic carbocycles. The standard InChI is InChI=1S/C21H20F3N3O3/c1-30-17-8-7-14-9-10-26(12-15(14)11-17)13-27-18(28)20(21(22,23)24,25-19(27)29)16-5-3-2-4-6-16/h2-8,11H,9-10,12-13H2,1H3,(H,25,29). The Morgan fingerprint density at radius 2 is 1.83 bits per heavy atom. The quantitative estimate of drug-likeness (QED) is 0.774. The number of carbonyl (C=O) groups is 2. The highest BCUT2D eigenvalue weighted by atomic mass is 19.4. The SMILES string of the molecule is COc1ccc2c(c1)CN(CN1C(=O)NC(c3ccccc3)(C(F)(F)F)C1=O)CC2. The highest BCUT2D eigenvalue weighted by molar-refractivity contribution is 6.08. The summed E-state index contributed by atoms with van der Waals surface area (Å²) in [6.07, 6.45) is -4.33. The molecule has 4 rings (SSSR count). The molecule has 0 radical (unpaired) electrons. The Morgan fingerprint density at radius 3 is 2.50 bits per heavy atom. The molecule has 2 aromatic carbocycles. The lowest BCUT2D eigenvalue weighted by Gasteiger charge is -2.32. The Hall–Kier alpha value is -3.07. The van der Waals surface area contributed by atoms with Crippen LogP contribution < -0.4 is 10.1 Å². The van der Waals surface area contributed by atoms with Gasteiger partial charge in [0.25, 0.3) is 5.91 Å². The number of urea groups is 1. The van der Waals surface area contributed by atoms with E-state index in [-0.39, 0.29) is 12.2 Å². The van der Waals surface area contributed by atoms with Crippen molar-refractivity contribution in [3.05, 3.63) is 65.2 Å². The topological polar surface area (TPSA) is 61.9 Å². The van der Waals surface area contributed by atoms with Crippen molar-refractivity contribution < 1.29 is 27.5 Å². The van der Waals surface area contributed by atoms with Gasteiger partial charge in [0.15, 0.2) is 0 Å². The molecule has 30 heavy (non-hydrogen) atoms. The summed E-state index contributed by atoms with van der Waals surface area (Å²) in [4.78, 5) is 27.9. The molecule has 0 spiro atoms. The number of ether oxygens (including phenoxy) is 1. The van der Waals surface area contributed by atoms with Crippen molar-refractivity contribution >= 4 is 11.9 Å². The first-order valence-electron chi connectivity index (χ1n) is 9.41. The molecule has 1 saturated heterocycles. The van der Waals surface area contributed by atoms with E-state index in [2.05, 4.69) is 0 Å². The fourth-order valence-corrected chi connectivity index (χ4v) is 3.98. The molecule has 3 amide bonds. The average Bonchev–Trinajstić information content (AvgIpc) is 2.99. The first-order chi connectivity index (χ1) is 14.3. The van der Waals surface area contributed by atoms with Crippen LogP contribution in [0.5, 0.6) is 5.75 Å². The van der Waals surface area contributed by atoms with Crippen LogP contribution in [-0.4, -0.2) is 48.2 Å². The van der Waals surface area contributed by atoms with Gasteiger partial charge < -0.3 is 10.1 Å². The number of hydrogen-bond donors (Lipinski definition) is 1. The van der Waals surface area contributed by atoms with Gasteiger partial charge in [-0.05, 0) is 35.2 Å². The van der Waals surface area contributed by atoms with Crippen molar-refractivity contribution in [3.8, 4) is 5.75 Å². The maximum atomic E-state index is 14.1. The summed E-state index contributed by atoms with van der Waals surface area (Å²) in [6.45, 7) is 0.681. The molecule has 1 fully saturated rings. The molecule has 1 atom stereocenters. The number of fused-ring (bicyclic) bond motifs is 1. The van der Waals surface area contributed by atoms with E-state index >= 15 is 0 Å². The van der Waals surface area contributed by atoms with Crippen molar-refractivity contribution in [2.75, 3.05) is 20.3 Å². The summed E-state index contributed by atoms with van der Waals surface area (Å²) >= 11 is 0. The number of carbonyl (C=O) groups excluding carboxylic acids is 2. The maximum absolute atomic E-state index is 14.1. The van der Waals surface area contributed by atoms with E-state index in [0.29, 0.717) is 30.2 Å². The molecule has 158 valence electrons. The fourth-order valence-electron chi connectivity index (χ4n) is 3.98. The molecule has 2 aliphatic rings. The number of imide groups is 1. The van der Waals surface area contributed by atoms with Crippen molar-refractivity contribution in [2.24, 2.45) is 0 Å². The van der Waals surface area contributed by atoms with Crippen molar-refractivity contribution in [2.45, 2.75) is 24.7 Å². The lowest BCUT2D eigenvalue weighted by Crippen LogP contribution is -2.56. The summed E-state index contributed by atoms with van der Waals surface area (Å²) in [5, 5.41) is 1.92. The summed E-state index contributed by atoms with van der Waals surface area (Å²) in [6, 6.07) is 11.3. The second kappa shape index (κ2) is 7.32. The third kappa shape index (κ3) is 3.19. The Balaban J connectivity index is 1.60. The molecule has 0 bridgehead atoms. The molecule has 0 aromatic heterocycles. The third-order valence-electron chi connectivity index (χ3n) is 5.58. The first kappa shape index (κ1) is 20.2. The zero-order chi connectivity index (χ0) is 21.5. The van der Waals surface area contributed by atoms with Gasteiger partial charge in [-0.2, -0.15) is 13.2 Å². The number of amides is 3. The minimum atomic E-state index is -4.99. The van der Waals surface area contributed by atoms with Crippen molar-refractivity contribution in [3.63, 3.8) is 0 Å². The predicted octanol–water partition coefficient (Wildman–Crippen LogP) is 3.02. The highest BCUT2D eigenvalue weighted by Crippen LogP contribution is 2.43. The van der Waals surface area contributed by atoms with Crippen LogP contribution in [0.2, 0.25) is 0 Å². The zero-order valence-corrected chi connectivity index (χ0v) is 16.2. The van der Waals surface area contributed by atoms with Crippen LogP contribution in [0.4, 0.5) is 18.0 Å². The van der Waals surface area contributed by atoms with E-state index < -0.39 is 23.7 Å². The first-order valence-corrected chi connectivity index (χ1v) is 9.41. The van der Waals surface area contributed by atoms with Crippen LogP contribution in [0.15, 0.2) is 48.5 Å². The number of hydrogen-bond acceptors (Lipinski definition) is 4. The van der Waals surface area contributed by atoms with E-state index in [9.17, 15) is 22.8 Å². The van der Waals surface area contributed by atoms with Crippen LogP contribution in [0.3, 0.4) is 0 Å². The van der Waals surface area contributed by atoms with Crippen LogP contribution in [0.25, 0.3) is 0 Å². The minimum absolute atomic E-state index is 0.230. The Kier molecular flexibility index (Phi) is 4.93. The largest absolute Gasteiger partial charge is 0.497 e. The molecule has 0 saturated carbocycles. The molecular weight excluding hydrogens is 399 g/mol. The molecule has 1 N–H and O–H groups in total. The fraction of sp³-hybridized carbons (Fsp3) is 0.333. The van der Waals surface area contributed by atoms with Gasteiger partial charge in [-0.25, -0.2) is 9.69 Å². The highest BCUT2D eigenvalue weighted by Gasteiger charge is 2.68. The summed E-state index contributed by atoms with van der Waals surface area (Å²) in [7, 11) is 1.55. The lowest BCUT2D eigenvalue weighted by molar-refractivity contribution is -0.198. The number of benzene rings is 2. The summed E-state index contributed by atoms with van der Waals surface area (Å²) in [5.74, 6) is -0.645. The van der Waals surface area contributed by atoms with Crippen LogP contribution >= 0.6 is 0 Å². The number of rotatable bonds is 4. The lowest BCUT2D eigenvalue weighted by atomic mass is 9.89. The minimum Gasteiger partial charge on any atom is -0.497 e. The van der Waals surface area contributed by atoms with E-state index in [1.54, 1.807) is 18.1 Å². The molecule has 2 aromatic rings. The Labute approximate surface area is 171 Å². The Bertz CT molecular complexity index is 980. The van der Waals surface area contributed by atoms with E-state index in [1.807, 2.05) is 23.5 Å². The number of alkyl halides is 3. The van der Waals surface area contributed by atoms with Gasteiger partial charge in [0.1, 0.15) is 5.75 Å². The molecule has 2 aliphatic heterocycles. The molecule has 1 unspecified atom stereocenters. The van der Waals surface area contributed by atoms with Crippen molar-refractivity contribution in [1.82, 2.24) is 15.1 Å². The zero-order valence-electron chi connectivity index (χ0n) is 16.2. The molecule has 2 heterocycles. The van der Waals surface area contributed by atoms with Crippen LogP contribution in [0.1, 0.15) is 16.7 Å². The van der Waals surface area contributed by atoms with Crippen LogP contribution in [-0.2, 0) is 23.3 Å². The predicted molar refractivity (Wildman–Crippen MR) is 102 cm³/mol. The summed E-state index contributed by atoms with van der Waals surface area (Å²) in [5.41, 5.74) is -1.33. The van der Waals surface area contributed by atoms with E-state index in [0.717, 1.165) is 11.1 Å². The van der Waals surface area contributed by atoms with Gasteiger partial charge in [-0.1, -0.05) is 36.4 Å². The number of methoxy groups -OCH3 is 1. The monoisotopic (exact) mass is 419 g/mol. The second-order valence-corrected chi connectivity index (χ2v) is 7.36. The number of nitrogens with one attached hydrogen (secondary N) is 1. The van der Waals surface area contributed by atoms with Gasteiger partial charge in [0, 0.05) is 13.1 Å². The number of halogens is 3. The van der Waals surface area contributed by atoms with E-state index in [1.165, 1.54) is 24.3 Å². The van der Waals surface area contributed by atoms with Gasteiger partial charge in [-0.15, -0.1) is 0 Å². The number of nitrogens with zero attached hydrogens (tertiary/aromatic N) is 2. The molecule has 9 heteroatoms. The summed E-state index contributed by atoms with van der Waals surface area (Å²) < 4.78 is 47.4. The maximum Gasteiger partial charge on any atom is 0.425 e. The van der Waals surface area contributed by atoms with Gasteiger partial charge in [-0.3, -0.25) is 9.69 Å². The Morgan fingerprint density at radius 1 is 1.10 bits per heavy atom. The normalized spacial score (nSPS) is 22.1. The van der Waals surface area contributed by atoms with Gasteiger partial charge in [0.05, 0.1) is 13.8 Å². The average molecular weight is 419 g/mol. The van der Waals surface area contributed by atoms with Gasteiger partial charge in [0.2, 0.25) is 5.54 Å². The van der Waals surface area contributed by atoms with Gasteiger partial charge >= 0.3 is 12.2 Å². The third-order valence-corrected chi connectivity index (χ3v) is 5.58. The van der Waals surface area contributed by atoms with E-state index in [4.69, 9.17) is 4.74 Å². The smallest absolute Gasteiger partial charge is 0.425 e.